The lowest BCUT2D eigenvalue weighted by Crippen LogP contribution is -2.58. The Morgan fingerprint density at radius 2 is 1.58 bits per heavy atom. The first-order valence-corrected chi connectivity index (χ1v) is 18.2. The summed E-state index contributed by atoms with van der Waals surface area (Å²) in [4.78, 5) is 37.3. The van der Waals surface area contributed by atoms with E-state index in [1.54, 1.807) is 19.1 Å². The summed E-state index contributed by atoms with van der Waals surface area (Å²) in [5.41, 5.74) is 2.16. The smallest absolute Gasteiger partial charge is 0.408 e. The molecule has 52 heavy (non-hydrogen) atoms. The maximum Gasteiger partial charge on any atom is 0.408 e. The molecule has 3 atom stereocenters. The van der Waals surface area contributed by atoms with Crippen LogP contribution in [0, 0.1) is 23.7 Å². The highest BCUT2D eigenvalue weighted by atomic mass is 32.2. The number of fused-ring (bicyclic) bond motifs is 1. The molecule has 282 valence electrons. The van der Waals surface area contributed by atoms with Crippen LogP contribution in [-0.2, 0) is 37.5 Å². The third-order valence-electron chi connectivity index (χ3n) is 7.92. The molecule has 0 bridgehead atoms. The SMILES string of the molecule is Cc1nc2ccc(S(=O)(=O)N(CC(C)C)CC(O)[C@H](Cc3ccccc3)NC(=O)[C@@H](NC(=O)OCc3ccccc3)C(C)(C)C)cc2[nH]1.N=COO. The van der Waals surface area contributed by atoms with Crippen LogP contribution in [0.15, 0.2) is 83.8 Å². The summed E-state index contributed by atoms with van der Waals surface area (Å²) in [5, 5.41) is 30.3. The molecule has 15 heteroatoms. The maximum absolute atomic E-state index is 14.0. The fourth-order valence-corrected chi connectivity index (χ4v) is 7.06. The van der Waals surface area contributed by atoms with Gasteiger partial charge in [0.25, 0.3) is 0 Å². The lowest BCUT2D eigenvalue weighted by Gasteiger charge is -2.34. The van der Waals surface area contributed by atoms with Gasteiger partial charge in [-0.3, -0.25) is 10.2 Å². The number of aromatic amines is 1. The number of imidazole rings is 1. The van der Waals surface area contributed by atoms with Crippen LogP contribution in [-0.4, -0.2) is 82.7 Å². The fourth-order valence-electron chi connectivity index (χ4n) is 5.42. The van der Waals surface area contributed by atoms with Crippen molar-refractivity contribution in [2.45, 2.75) is 77.7 Å². The third kappa shape index (κ3) is 12.4. The summed E-state index contributed by atoms with van der Waals surface area (Å²) in [5.74, 6) is 0.0853. The van der Waals surface area contributed by atoms with E-state index in [2.05, 4.69) is 25.5 Å². The van der Waals surface area contributed by atoms with Gasteiger partial charge in [-0.2, -0.15) is 4.31 Å². The highest BCUT2D eigenvalue weighted by molar-refractivity contribution is 7.89. The number of rotatable bonds is 15. The minimum absolute atomic E-state index is 0.0353. The molecular formula is C37H50N6O8S. The number of alkyl carbamates (subject to hydrolysis) is 1. The predicted molar refractivity (Wildman–Crippen MR) is 198 cm³/mol. The van der Waals surface area contributed by atoms with Gasteiger partial charge in [0, 0.05) is 13.1 Å². The summed E-state index contributed by atoms with van der Waals surface area (Å²) >= 11 is 0. The van der Waals surface area contributed by atoms with Crippen LogP contribution in [0.25, 0.3) is 11.0 Å². The first-order valence-electron chi connectivity index (χ1n) is 16.8. The number of aliphatic hydroxyl groups excluding tert-OH is 1. The van der Waals surface area contributed by atoms with E-state index in [0.717, 1.165) is 11.1 Å². The normalized spacial score (nSPS) is 13.4. The van der Waals surface area contributed by atoms with Crippen molar-refractivity contribution in [3.63, 3.8) is 0 Å². The third-order valence-corrected chi connectivity index (χ3v) is 9.74. The number of ether oxygens (including phenoxy) is 1. The van der Waals surface area contributed by atoms with Gasteiger partial charge < -0.3 is 30.3 Å². The van der Waals surface area contributed by atoms with E-state index in [1.807, 2.05) is 95.3 Å². The zero-order valence-electron chi connectivity index (χ0n) is 30.4. The number of benzene rings is 3. The number of hydrogen-bond donors (Lipinski definition) is 6. The molecule has 0 fully saturated rings. The number of carbonyl (C=O) groups excluding carboxylic acids is 2. The molecule has 3 aromatic carbocycles. The van der Waals surface area contributed by atoms with Crippen LogP contribution in [0.5, 0.6) is 0 Å². The Bertz CT molecular complexity index is 1850. The second-order valence-electron chi connectivity index (χ2n) is 13.8. The van der Waals surface area contributed by atoms with Crippen molar-refractivity contribution in [3.05, 3.63) is 95.8 Å². The van der Waals surface area contributed by atoms with E-state index < -0.39 is 45.6 Å². The zero-order valence-corrected chi connectivity index (χ0v) is 31.2. The quantitative estimate of drug-likeness (QED) is 0.0418. The lowest BCUT2D eigenvalue weighted by molar-refractivity contribution is -0.148. The topological polar surface area (TPSA) is 207 Å². The summed E-state index contributed by atoms with van der Waals surface area (Å²) in [7, 11) is -4.05. The van der Waals surface area contributed by atoms with Gasteiger partial charge in [-0.1, -0.05) is 95.3 Å². The monoisotopic (exact) mass is 738 g/mol. The van der Waals surface area contributed by atoms with E-state index in [1.165, 1.54) is 10.4 Å². The molecule has 0 aliphatic carbocycles. The van der Waals surface area contributed by atoms with Gasteiger partial charge in [0.05, 0.1) is 28.1 Å². The number of aromatic nitrogens is 2. The summed E-state index contributed by atoms with van der Waals surface area (Å²) in [6, 6.07) is 21.3. The van der Waals surface area contributed by atoms with Gasteiger partial charge >= 0.3 is 6.09 Å². The molecule has 0 saturated heterocycles. The van der Waals surface area contributed by atoms with Crippen molar-refractivity contribution >= 4 is 39.5 Å². The molecule has 0 spiro atoms. The largest absolute Gasteiger partial charge is 0.445 e. The molecular weight excluding hydrogens is 689 g/mol. The van der Waals surface area contributed by atoms with Crippen LogP contribution in [0.4, 0.5) is 4.79 Å². The van der Waals surface area contributed by atoms with Gasteiger partial charge in [0.2, 0.25) is 22.3 Å². The standard InChI is InChI=1S/C36H47N5O6S.CH3NO2/c1-24(2)21-41(48(45,46)28-17-18-29-30(20-28)38-25(3)37-29)22-32(42)31(19-26-13-9-7-10-14-26)39-34(43)33(36(4,5)6)40-35(44)47-23-27-15-11-8-12-16-27;2-1-4-3/h7-18,20,24,31-33,42H,19,21-23H2,1-6H3,(H,37,38)(H,39,43)(H,40,44);1-3H/t31-,32?,33+;/m0./s1. The van der Waals surface area contributed by atoms with E-state index in [4.69, 9.17) is 15.4 Å². The molecule has 1 unspecified atom stereocenters. The Morgan fingerprint density at radius 3 is 2.13 bits per heavy atom. The number of sulfonamides is 1. The molecule has 1 heterocycles. The van der Waals surface area contributed by atoms with Gasteiger partial charge in [-0.15, -0.1) is 0 Å². The number of nitrogens with zero attached hydrogens (tertiary/aromatic N) is 2. The molecule has 0 aliphatic rings. The van der Waals surface area contributed by atoms with Gasteiger partial charge in [0.15, 0.2) is 0 Å². The van der Waals surface area contributed by atoms with Crippen LogP contribution in [0.3, 0.4) is 0 Å². The van der Waals surface area contributed by atoms with E-state index >= 15 is 0 Å². The Hall–Kier alpha value is -4.83. The number of carbonyl (C=O) groups is 2. The first kappa shape index (κ1) is 41.6. The van der Waals surface area contributed by atoms with E-state index in [0.29, 0.717) is 23.3 Å². The van der Waals surface area contributed by atoms with E-state index in [9.17, 15) is 23.1 Å². The average molecular weight is 739 g/mol. The van der Waals surface area contributed by atoms with Crippen molar-refractivity contribution in [1.29, 1.82) is 5.41 Å². The molecule has 1 aromatic heterocycles. The van der Waals surface area contributed by atoms with Gasteiger partial charge in [0.1, 0.15) is 18.5 Å². The maximum atomic E-state index is 14.0. The Morgan fingerprint density at radius 1 is 0.981 bits per heavy atom. The fraction of sp³-hybridized carbons (Fsp3) is 0.405. The highest BCUT2D eigenvalue weighted by Gasteiger charge is 2.37. The van der Waals surface area contributed by atoms with Crippen molar-refractivity contribution in [3.8, 4) is 0 Å². The highest BCUT2D eigenvalue weighted by Crippen LogP contribution is 2.24. The molecule has 2 amide bonds. The summed E-state index contributed by atoms with van der Waals surface area (Å²) in [6.07, 6.45) is -1.41. The van der Waals surface area contributed by atoms with Gasteiger partial charge in [-0.05, 0) is 54.0 Å². The van der Waals surface area contributed by atoms with Crippen molar-refractivity contribution < 1.29 is 38.0 Å². The number of H-pyrrole nitrogens is 1. The van der Waals surface area contributed by atoms with Crippen LogP contribution in [0.2, 0.25) is 0 Å². The number of aliphatic hydroxyl groups is 1. The molecule has 4 rings (SSSR count). The number of amides is 2. The molecule has 0 aliphatic heterocycles. The number of aryl methyl sites for hydroxylation is 1. The van der Waals surface area contributed by atoms with Crippen LogP contribution < -0.4 is 10.6 Å². The first-order chi connectivity index (χ1) is 24.5. The molecule has 0 saturated carbocycles. The van der Waals surface area contributed by atoms with Crippen molar-refractivity contribution in [2.24, 2.45) is 11.3 Å². The zero-order chi connectivity index (χ0) is 38.5. The second kappa shape index (κ2) is 19.1. The lowest BCUT2D eigenvalue weighted by atomic mass is 9.85. The van der Waals surface area contributed by atoms with Crippen molar-refractivity contribution in [2.75, 3.05) is 13.1 Å². The Labute approximate surface area is 305 Å². The van der Waals surface area contributed by atoms with Crippen LogP contribution >= 0.6 is 0 Å². The predicted octanol–water partition coefficient (Wildman–Crippen LogP) is 5.03. The minimum Gasteiger partial charge on any atom is -0.445 e. The van der Waals surface area contributed by atoms with E-state index in [-0.39, 0.29) is 36.9 Å². The minimum atomic E-state index is -4.05. The average Bonchev–Trinajstić information content (AvgIpc) is 3.48. The Balaban J connectivity index is 0.00000173. The van der Waals surface area contributed by atoms with Crippen LogP contribution in [0.1, 0.15) is 51.6 Å². The number of nitrogens with one attached hydrogen (secondary N) is 4. The molecule has 6 N–H and O–H groups in total. The molecule has 14 nitrogen and oxygen atoms in total. The summed E-state index contributed by atoms with van der Waals surface area (Å²) in [6.45, 7) is 10.9. The number of hydrogen-bond acceptors (Lipinski definition) is 10. The summed E-state index contributed by atoms with van der Waals surface area (Å²) < 4.78 is 34.7. The molecule has 0 radical (unpaired) electrons. The second-order valence-corrected chi connectivity index (χ2v) is 15.8. The molecule has 4 aromatic rings. The van der Waals surface area contributed by atoms with Gasteiger partial charge in [-0.25, -0.2) is 23.5 Å². The Kier molecular flexibility index (Phi) is 15.3. The van der Waals surface area contributed by atoms with Crippen molar-refractivity contribution in [1.82, 2.24) is 24.9 Å².